The number of hydrogen-bond acceptors (Lipinski definition) is 4. The van der Waals surface area contributed by atoms with Gasteiger partial charge in [-0.2, -0.15) is 0 Å². The second-order valence-electron chi connectivity index (χ2n) is 7.48. The Hall–Kier alpha value is -1.63. The molecule has 2 saturated carbocycles. The zero-order chi connectivity index (χ0) is 19.1. The van der Waals surface area contributed by atoms with Gasteiger partial charge in [0.05, 0.1) is 6.61 Å². The first kappa shape index (κ1) is 20.1. The highest BCUT2D eigenvalue weighted by atomic mass is 32.2. The van der Waals surface area contributed by atoms with Gasteiger partial charge in [-0.3, -0.25) is 9.20 Å². The molecule has 7 heteroatoms. The number of guanidine groups is 1. The Morgan fingerprint density at radius 1 is 1.33 bits per heavy atom. The molecule has 0 aliphatic heterocycles. The van der Waals surface area contributed by atoms with Crippen LogP contribution in [0.1, 0.15) is 51.0 Å². The minimum atomic E-state index is -0.708. The smallest absolute Gasteiger partial charge is 0.213 e. The molecular formula is C20H32N4O2S. The molecule has 150 valence electrons. The molecule has 0 spiro atoms. The Morgan fingerprint density at radius 2 is 2.19 bits per heavy atom. The molecule has 2 fully saturated rings. The molecule has 0 bridgehead atoms. The van der Waals surface area contributed by atoms with Gasteiger partial charge in [0.25, 0.3) is 0 Å². The number of hydrogen-bond donors (Lipinski definition) is 2. The molecule has 2 aliphatic carbocycles. The number of rotatable bonds is 8. The molecule has 0 saturated heterocycles. The maximum absolute atomic E-state index is 12.1. The first-order chi connectivity index (χ1) is 13.2. The molecule has 27 heavy (non-hydrogen) atoms. The van der Waals surface area contributed by atoms with E-state index in [0.29, 0.717) is 23.7 Å². The highest BCUT2D eigenvalue weighted by Gasteiger charge is 2.26. The third-order valence-electron chi connectivity index (χ3n) is 5.27. The van der Waals surface area contributed by atoms with Crippen LogP contribution in [0.5, 0.6) is 5.88 Å². The van der Waals surface area contributed by atoms with Crippen molar-refractivity contribution < 1.29 is 8.95 Å². The molecule has 0 aromatic carbocycles. The standard InChI is InChI=1S/C20H32N4O2S/c1-3-27(25)18-6-4-5-17(11-18)24-20(21-2)23-13-16-9-10-19(22-12-16)26-14-15-7-8-15/h9-10,12,15,17-18H,3-8,11,13-14H2,1-2H3,(H2,21,23,24). The van der Waals surface area contributed by atoms with E-state index in [0.717, 1.165) is 55.5 Å². The van der Waals surface area contributed by atoms with Gasteiger partial charge in [-0.05, 0) is 43.6 Å². The van der Waals surface area contributed by atoms with Crippen LogP contribution < -0.4 is 15.4 Å². The monoisotopic (exact) mass is 392 g/mol. The number of nitrogens with zero attached hydrogens (tertiary/aromatic N) is 2. The highest BCUT2D eigenvalue weighted by Crippen LogP contribution is 2.29. The van der Waals surface area contributed by atoms with E-state index in [2.05, 4.69) is 20.6 Å². The van der Waals surface area contributed by atoms with Crippen molar-refractivity contribution in [3.63, 3.8) is 0 Å². The van der Waals surface area contributed by atoms with Crippen LogP contribution in [0, 0.1) is 5.92 Å². The van der Waals surface area contributed by atoms with Gasteiger partial charge < -0.3 is 15.4 Å². The van der Waals surface area contributed by atoms with Crippen molar-refractivity contribution >= 4 is 16.8 Å². The van der Waals surface area contributed by atoms with E-state index in [4.69, 9.17) is 4.74 Å². The summed E-state index contributed by atoms with van der Waals surface area (Å²) in [5, 5.41) is 7.16. The molecule has 0 amide bonds. The molecule has 2 N–H and O–H groups in total. The van der Waals surface area contributed by atoms with Gasteiger partial charge in [0.2, 0.25) is 5.88 Å². The minimum Gasteiger partial charge on any atom is -0.477 e. The van der Waals surface area contributed by atoms with Crippen LogP contribution >= 0.6 is 0 Å². The Labute approximate surface area is 165 Å². The quantitative estimate of drug-likeness (QED) is 0.525. The molecule has 3 atom stereocenters. The molecule has 3 unspecified atom stereocenters. The van der Waals surface area contributed by atoms with Crippen LogP contribution in [0.4, 0.5) is 0 Å². The van der Waals surface area contributed by atoms with Crippen LogP contribution in [-0.4, -0.2) is 45.9 Å². The fourth-order valence-corrected chi connectivity index (χ4v) is 4.76. The number of pyridine rings is 1. The Bertz CT molecular complexity index is 646. The summed E-state index contributed by atoms with van der Waals surface area (Å²) < 4.78 is 17.8. The van der Waals surface area contributed by atoms with Crippen LogP contribution in [0.15, 0.2) is 23.3 Å². The maximum Gasteiger partial charge on any atom is 0.213 e. The molecule has 1 aromatic heterocycles. The second-order valence-corrected chi connectivity index (χ2v) is 9.49. The molecular weight excluding hydrogens is 360 g/mol. The average Bonchev–Trinajstić information content (AvgIpc) is 3.54. The van der Waals surface area contributed by atoms with Gasteiger partial charge in [0, 0.05) is 53.7 Å². The van der Waals surface area contributed by atoms with Crippen LogP contribution in [0.25, 0.3) is 0 Å². The predicted molar refractivity (Wildman–Crippen MR) is 111 cm³/mol. The van der Waals surface area contributed by atoms with E-state index >= 15 is 0 Å². The van der Waals surface area contributed by atoms with Crippen LogP contribution in [0.3, 0.4) is 0 Å². The summed E-state index contributed by atoms with van der Waals surface area (Å²) in [7, 11) is 1.08. The molecule has 1 heterocycles. The number of aromatic nitrogens is 1. The average molecular weight is 393 g/mol. The highest BCUT2D eigenvalue weighted by molar-refractivity contribution is 7.85. The van der Waals surface area contributed by atoms with Gasteiger partial charge in [0.1, 0.15) is 0 Å². The van der Waals surface area contributed by atoms with Gasteiger partial charge >= 0.3 is 0 Å². The zero-order valence-electron chi connectivity index (χ0n) is 16.4. The molecule has 6 nitrogen and oxygen atoms in total. The van der Waals surface area contributed by atoms with Crippen molar-refractivity contribution in [2.75, 3.05) is 19.4 Å². The summed E-state index contributed by atoms with van der Waals surface area (Å²) in [6.45, 7) is 3.45. The lowest BCUT2D eigenvalue weighted by atomic mass is 9.95. The zero-order valence-corrected chi connectivity index (χ0v) is 17.3. The lowest BCUT2D eigenvalue weighted by Gasteiger charge is -2.30. The van der Waals surface area contributed by atoms with Crippen molar-refractivity contribution in [3.8, 4) is 5.88 Å². The number of ether oxygens (including phenoxy) is 1. The molecule has 1 aromatic rings. The summed E-state index contributed by atoms with van der Waals surface area (Å²) >= 11 is 0. The van der Waals surface area contributed by atoms with Crippen molar-refractivity contribution in [2.45, 2.75) is 63.3 Å². The van der Waals surface area contributed by atoms with E-state index in [9.17, 15) is 4.21 Å². The van der Waals surface area contributed by atoms with E-state index in [1.165, 1.54) is 12.8 Å². The van der Waals surface area contributed by atoms with Gasteiger partial charge in [-0.1, -0.05) is 19.4 Å². The largest absolute Gasteiger partial charge is 0.477 e. The minimum absolute atomic E-state index is 0.312. The third kappa shape index (κ3) is 6.48. The lowest BCUT2D eigenvalue weighted by molar-refractivity contribution is 0.288. The first-order valence-corrected chi connectivity index (χ1v) is 11.5. The Morgan fingerprint density at radius 3 is 2.85 bits per heavy atom. The van der Waals surface area contributed by atoms with Crippen molar-refractivity contribution in [2.24, 2.45) is 10.9 Å². The van der Waals surface area contributed by atoms with E-state index in [-0.39, 0.29) is 0 Å². The van der Waals surface area contributed by atoms with Crippen LogP contribution in [0.2, 0.25) is 0 Å². The van der Waals surface area contributed by atoms with E-state index in [1.807, 2.05) is 25.3 Å². The molecule has 0 radical (unpaired) electrons. The number of nitrogens with one attached hydrogen (secondary N) is 2. The van der Waals surface area contributed by atoms with Gasteiger partial charge in [0.15, 0.2) is 5.96 Å². The van der Waals surface area contributed by atoms with E-state index in [1.54, 1.807) is 7.05 Å². The summed E-state index contributed by atoms with van der Waals surface area (Å²) in [6, 6.07) is 4.31. The molecule has 2 aliphatic rings. The Kier molecular flexibility index (Phi) is 7.50. The third-order valence-corrected chi connectivity index (χ3v) is 7.01. The first-order valence-electron chi connectivity index (χ1n) is 10.1. The van der Waals surface area contributed by atoms with Crippen LogP contribution in [-0.2, 0) is 17.3 Å². The van der Waals surface area contributed by atoms with Crippen molar-refractivity contribution in [1.29, 1.82) is 0 Å². The lowest BCUT2D eigenvalue weighted by Crippen LogP contribution is -2.46. The van der Waals surface area contributed by atoms with Gasteiger partial charge in [-0.15, -0.1) is 0 Å². The maximum atomic E-state index is 12.1. The fourth-order valence-electron chi connectivity index (χ4n) is 3.41. The molecule has 3 rings (SSSR count). The Balaban J connectivity index is 1.43. The van der Waals surface area contributed by atoms with Crippen molar-refractivity contribution in [1.82, 2.24) is 15.6 Å². The van der Waals surface area contributed by atoms with Crippen molar-refractivity contribution in [3.05, 3.63) is 23.9 Å². The summed E-state index contributed by atoms with van der Waals surface area (Å²) in [5.74, 6) is 2.97. The SMILES string of the molecule is CCS(=O)C1CCCC(NC(=NC)NCc2ccc(OCC3CC3)nc2)C1. The summed E-state index contributed by atoms with van der Waals surface area (Å²) in [4.78, 5) is 8.71. The fraction of sp³-hybridized carbons (Fsp3) is 0.700. The number of aliphatic imine (C=N–C) groups is 1. The van der Waals surface area contributed by atoms with E-state index < -0.39 is 10.8 Å². The topological polar surface area (TPSA) is 75.6 Å². The predicted octanol–water partition coefficient (Wildman–Crippen LogP) is 2.62. The normalized spacial score (nSPS) is 24.3. The summed E-state index contributed by atoms with van der Waals surface area (Å²) in [5.41, 5.74) is 1.09. The van der Waals surface area contributed by atoms with Gasteiger partial charge in [-0.25, -0.2) is 4.98 Å². The second kappa shape index (κ2) is 10.1. The summed E-state index contributed by atoms with van der Waals surface area (Å²) in [6.07, 6.45) is 8.67.